The Balaban J connectivity index is 1.84. The van der Waals surface area contributed by atoms with E-state index in [0.717, 1.165) is 32.2 Å². The smallest absolute Gasteiger partial charge is 0.317 e. The first-order chi connectivity index (χ1) is 12.8. The predicted molar refractivity (Wildman–Crippen MR) is 107 cm³/mol. The number of rotatable bonds is 7. The summed E-state index contributed by atoms with van der Waals surface area (Å²) in [4.78, 5) is 29.9. The number of carboxylic acid groups (broad SMARTS) is 1. The number of hydrogen-bond donors (Lipinski definition) is 2. The highest BCUT2D eigenvalue weighted by molar-refractivity contribution is 5.74. The van der Waals surface area contributed by atoms with Crippen LogP contribution in [0.15, 0.2) is 0 Å². The molecule has 0 radical (unpaired) electrons. The molecule has 27 heavy (non-hydrogen) atoms. The van der Waals surface area contributed by atoms with Crippen LogP contribution in [0.2, 0.25) is 0 Å². The minimum absolute atomic E-state index is 0.0224. The van der Waals surface area contributed by atoms with Crippen molar-refractivity contribution in [2.45, 2.75) is 64.0 Å². The van der Waals surface area contributed by atoms with Crippen molar-refractivity contribution in [3.63, 3.8) is 0 Å². The molecule has 7 heteroatoms. The number of urea groups is 1. The predicted octanol–water partition coefficient (Wildman–Crippen LogP) is 2.08. The molecule has 2 rings (SSSR count). The van der Waals surface area contributed by atoms with Gasteiger partial charge >= 0.3 is 12.0 Å². The molecule has 1 aliphatic carbocycles. The van der Waals surface area contributed by atoms with Crippen molar-refractivity contribution in [2.75, 3.05) is 46.8 Å². The fraction of sp³-hybridized carbons (Fsp3) is 0.900. The maximum atomic E-state index is 12.7. The van der Waals surface area contributed by atoms with E-state index >= 15 is 0 Å². The van der Waals surface area contributed by atoms with Gasteiger partial charge in [-0.1, -0.05) is 26.7 Å². The number of nitrogens with zero attached hydrogens (tertiary/aromatic N) is 3. The molecule has 2 N–H and O–H groups in total. The average Bonchev–Trinajstić information content (AvgIpc) is 2.64. The fourth-order valence-electron chi connectivity index (χ4n) is 4.82. The topological polar surface area (TPSA) is 76.1 Å². The van der Waals surface area contributed by atoms with E-state index in [1.807, 2.05) is 16.7 Å². The lowest BCUT2D eigenvalue weighted by Crippen LogP contribution is -2.57. The highest BCUT2D eigenvalue weighted by atomic mass is 16.4. The summed E-state index contributed by atoms with van der Waals surface area (Å²) in [6, 6.07) is 0.275. The minimum Gasteiger partial charge on any atom is -0.480 e. The molecule has 0 aromatic carbocycles. The van der Waals surface area contributed by atoms with Crippen LogP contribution in [-0.2, 0) is 4.79 Å². The van der Waals surface area contributed by atoms with Gasteiger partial charge in [0.15, 0.2) is 0 Å². The van der Waals surface area contributed by atoms with E-state index in [0.29, 0.717) is 25.6 Å². The highest BCUT2D eigenvalue weighted by Crippen LogP contribution is 2.35. The van der Waals surface area contributed by atoms with E-state index in [1.54, 1.807) is 0 Å². The molecule has 1 saturated carbocycles. The minimum atomic E-state index is -0.785. The Labute approximate surface area is 164 Å². The molecule has 1 saturated heterocycles. The number of hydrogen-bond acceptors (Lipinski definition) is 4. The SMILES string of the molecule is CCN(CC(=O)O)C1CCN(C(=O)NCC2(N(C)C)CCCC(C)C2)CC1. The third kappa shape index (κ3) is 5.82. The molecule has 2 unspecified atom stereocenters. The van der Waals surface area contributed by atoms with Gasteiger partial charge in [-0.25, -0.2) is 4.79 Å². The van der Waals surface area contributed by atoms with E-state index in [2.05, 4.69) is 31.2 Å². The molecule has 7 nitrogen and oxygen atoms in total. The van der Waals surface area contributed by atoms with Crippen LogP contribution in [0.3, 0.4) is 0 Å². The van der Waals surface area contributed by atoms with Crippen molar-refractivity contribution in [3.05, 3.63) is 0 Å². The summed E-state index contributed by atoms with van der Waals surface area (Å²) < 4.78 is 0. The highest BCUT2D eigenvalue weighted by Gasteiger charge is 2.37. The van der Waals surface area contributed by atoms with Crippen molar-refractivity contribution in [1.29, 1.82) is 0 Å². The van der Waals surface area contributed by atoms with E-state index in [4.69, 9.17) is 5.11 Å². The lowest BCUT2D eigenvalue weighted by atomic mass is 9.75. The van der Waals surface area contributed by atoms with Crippen LogP contribution in [0.4, 0.5) is 4.79 Å². The van der Waals surface area contributed by atoms with Gasteiger partial charge in [-0.15, -0.1) is 0 Å². The molecule has 2 atom stereocenters. The summed E-state index contributed by atoms with van der Waals surface area (Å²) >= 11 is 0. The lowest BCUT2D eigenvalue weighted by Gasteiger charge is -2.45. The molecule has 1 aliphatic heterocycles. The van der Waals surface area contributed by atoms with Gasteiger partial charge in [0.25, 0.3) is 0 Å². The number of amides is 2. The first kappa shape index (κ1) is 22.0. The van der Waals surface area contributed by atoms with E-state index in [1.165, 1.54) is 12.8 Å². The summed E-state index contributed by atoms with van der Waals surface area (Å²) in [6.45, 7) is 7.19. The van der Waals surface area contributed by atoms with Crippen LogP contribution in [-0.4, -0.2) is 90.2 Å². The van der Waals surface area contributed by atoms with Crippen molar-refractivity contribution >= 4 is 12.0 Å². The molecule has 2 fully saturated rings. The largest absolute Gasteiger partial charge is 0.480 e. The summed E-state index contributed by atoms with van der Waals surface area (Å²) in [5, 5.41) is 12.2. The van der Waals surface area contributed by atoms with Crippen molar-refractivity contribution in [1.82, 2.24) is 20.0 Å². The number of carbonyl (C=O) groups is 2. The number of carboxylic acids is 1. The maximum Gasteiger partial charge on any atom is 0.317 e. The van der Waals surface area contributed by atoms with E-state index < -0.39 is 5.97 Å². The number of aliphatic carboxylic acids is 1. The molecule has 2 amide bonds. The van der Waals surface area contributed by atoms with E-state index in [-0.39, 0.29) is 24.2 Å². The Kier molecular flexibility index (Phi) is 7.91. The first-order valence-corrected chi connectivity index (χ1v) is 10.4. The van der Waals surface area contributed by atoms with Gasteiger partial charge in [0.2, 0.25) is 0 Å². The van der Waals surface area contributed by atoms with Gasteiger partial charge < -0.3 is 20.2 Å². The lowest BCUT2D eigenvalue weighted by molar-refractivity contribution is -0.139. The monoisotopic (exact) mass is 382 g/mol. The third-order valence-electron chi connectivity index (χ3n) is 6.60. The van der Waals surface area contributed by atoms with Crippen LogP contribution < -0.4 is 5.32 Å². The molecular weight excluding hydrogens is 344 g/mol. The Hall–Kier alpha value is -1.34. The zero-order chi connectivity index (χ0) is 20.0. The number of nitrogens with one attached hydrogen (secondary N) is 1. The zero-order valence-corrected chi connectivity index (χ0v) is 17.5. The Morgan fingerprint density at radius 1 is 1.22 bits per heavy atom. The molecule has 0 aromatic heterocycles. The summed E-state index contributed by atoms with van der Waals surface area (Å²) in [6.07, 6.45) is 6.43. The normalized spacial score (nSPS) is 27.2. The Morgan fingerprint density at radius 2 is 1.89 bits per heavy atom. The van der Waals surface area contributed by atoms with Gasteiger partial charge in [-0.05, 0) is 52.2 Å². The second kappa shape index (κ2) is 9.73. The van der Waals surface area contributed by atoms with Crippen LogP contribution in [0.1, 0.15) is 52.4 Å². The molecule has 0 aromatic rings. The molecular formula is C20H38N4O3. The second-order valence-electron chi connectivity index (χ2n) is 8.65. The van der Waals surface area contributed by atoms with Gasteiger partial charge in [0, 0.05) is 31.2 Å². The summed E-state index contributed by atoms with van der Waals surface area (Å²) in [5.74, 6) is -0.0872. The van der Waals surface area contributed by atoms with Crippen molar-refractivity contribution in [2.24, 2.45) is 5.92 Å². The molecule has 0 spiro atoms. The average molecular weight is 383 g/mol. The van der Waals surface area contributed by atoms with E-state index in [9.17, 15) is 9.59 Å². The fourth-order valence-corrected chi connectivity index (χ4v) is 4.82. The van der Waals surface area contributed by atoms with Crippen molar-refractivity contribution < 1.29 is 14.7 Å². The molecule has 1 heterocycles. The maximum absolute atomic E-state index is 12.7. The van der Waals surface area contributed by atoms with Crippen LogP contribution in [0.25, 0.3) is 0 Å². The van der Waals surface area contributed by atoms with Crippen LogP contribution in [0, 0.1) is 5.92 Å². The third-order valence-corrected chi connectivity index (χ3v) is 6.60. The number of piperidine rings is 1. The van der Waals surface area contributed by atoms with Gasteiger partial charge in [-0.2, -0.15) is 0 Å². The van der Waals surface area contributed by atoms with Crippen LogP contribution >= 0.6 is 0 Å². The van der Waals surface area contributed by atoms with Gasteiger partial charge in [0.05, 0.1) is 6.54 Å². The molecule has 2 aliphatic rings. The number of carbonyl (C=O) groups excluding carboxylic acids is 1. The van der Waals surface area contributed by atoms with Crippen molar-refractivity contribution in [3.8, 4) is 0 Å². The molecule has 156 valence electrons. The zero-order valence-electron chi connectivity index (χ0n) is 17.5. The standard InChI is InChI=1S/C20H38N4O3/c1-5-23(14-18(25)26)17-8-11-24(12-9-17)19(27)21-15-20(22(3)4)10-6-7-16(2)13-20/h16-17H,5-15H2,1-4H3,(H,21,27)(H,25,26). The summed E-state index contributed by atoms with van der Waals surface area (Å²) in [5.41, 5.74) is 0.0617. The quantitative estimate of drug-likeness (QED) is 0.705. The second-order valence-corrected chi connectivity index (χ2v) is 8.65. The Bertz CT molecular complexity index is 505. The summed E-state index contributed by atoms with van der Waals surface area (Å²) in [7, 11) is 4.24. The molecule has 0 bridgehead atoms. The number of likely N-dealkylation sites (N-methyl/N-ethyl adjacent to an activating group) is 2. The van der Waals surface area contributed by atoms with Crippen LogP contribution in [0.5, 0.6) is 0 Å². The van der Waals surface area contributed by atoms with Gasteiger partial charge in [-0.3, -0.25) is 9.69 Å². The Morgan fingerprint density at radius 3 is 2.41 bits per heavy atom. The first-order valence-electron chi connectivity index (χ1n) is 10.4. The number of likely N-dealkylation sites (tertiary alicyclic amines) is 1. The van der Waals surface area contributed by atoms with Gasteiger partial charge in [0.1, 0.15) is 0 Å².